The van der Waals surface area contributed by atoms with Crippen molar-refractivity contribution in [3.8, 4) is 6.07 Å². The van der Waals surface area contributed by atoms with Gasteiger partial charge in [0.1, 0.15) is 4.83 Å². The Labute approximate surface area is 154 Å². The molecule has 1 aromatic carbocycles. The molecule has 128 valence electrons. The van der Waals surface area contributed by atoms with E-state index in [9.17, 15) is 5.11 Å². The van der Waals surface area contributed by atoms with Crippen molar-refractivity contribution in [3.63, 3.8) is 0 Å². The van der Waals surface area contributed by atoms with Gasteiger partial charge in [-0.05, 0) is 49.2 Å². The molecule has 3 aromatic rings. The summed E-state index contributed by atoms with van der Waals surface area (Å²) < 4.78 is 0. The van der Waals surface area contributed by atoms with Gasteiger partial charge < -0.3 is 15.3 Å². The van der Waals surface area contributed by atoms with Gasteiger partial charge >= 0.3 is 0 Å². The molecule has 1 fully saturated rings. The molecule has 1 aliphatic heterocycles. The Morgan fingerprint density at radius 3 is 2.77 bits per heavy atom. The summed E-state index contributed by atoms with van der Waals surface area (Å²) in [6, 6.07) is 11.9. The maximum Gasteiger partial charge on any atom is 0.167 e. The van der Waals surface area contributed by atoms with Crippen LogP contribution in [-0.2, 0) is 0 Å². The lowest BCUT2D eigenvalue weighted by Crippen LogP contribution is -2.24. The minimum atomic E-state index is -0.768. The number of anilines is 2. The topological polar surface area (TPSA) is 72.2 Å². The fourth-order valence-corrected chi connectivity index (χ4v) is 4.43. The molecule has 1 atom stereocenters. The van der Waals surface area contributed by atoms with E-state index in [-0.39, 0.29) is 0 Å². The fraction of sp³-hybridized carbons (Fsp3) is 0.200. The molecule has 1 unspecified atom stereocenters. The van der Waals surface area contributed by atoms with Gasteiger partial charge in [0.2, 0.25) is 0 Å². The van der Waals surface area contributed by atoms with Gasteiger partial charge in [-0.2, -0.15) is 5.26 Å². The number of aromatic nitrogens is 1. The maximum atomic E-state index is 11.0. The number of nitrogens with one attached hydrogen (secondary N) is 1. The molecule has 0 radical (unpaired) electrons. The van der Waals surface area contributed by atoms with Crippen LogP contribution in [0.1, 0.15) is 35.1 Å². The Hall–Kier alpha value is -2.88. The molecule has 5 nitrogen and oxygen atoms in total. The van der Waals surface area contributed by atoms with Crippen molar-refractivity contribution in [1.29, 1.82) is 5.26 Å². The second-order valence-corrected chi connectivity index (χ2v) is 7.62. The second-order valence-electron chi connectivity index (χ2n) is 6.59. The fourth-order valence-electron chi connectivity index (χ4n) is 3.29. The molecule has 0 bridgehead atoms. The van der Waals surface area contributed by atoms with Crippen molar-refractivity contribution in [3.05, 3.63) is 58.7 Å². The molecular weight excluding hydrogens is 344 g/mol. The number of hydrogen-bond acceptors (Lipinski definition) is 6. The summed E-state index contributed by atoms with van der Waals surface area (Å²) in [5.41, 5.74) is 3.59. The first-order valence-corrected chi connectivity index (χ1v) is 9.39. The van der Waals surface area contributed by atoms with Gasteiger partial charge in [0, 0.05) is 40.8 Å². The van der Waals surface area contributed by atoms with Crippen LogP contribution in [0, 0.1) is 11.3 Å². The molecule has 3 heterocycles. The lowest BCUT2D eigenvalue weighted by molar-refractivity contribution is 0.186. The smallest absolute Gasteiger partial charge is 0.167 e. The highest BCUT2D eigenvalue weighted by molar-refractivity contribution is 7.19. The first-order chi connectivity index (χ1) is 12.7. The Bertz CT molecular complexity index is 1060. The van der Waals surface area contributed by atoms with Crippen LogP contribution in [0.15, 0.2) is 42.7 Å². The van der Waals surface area contributed by atoms with Gasteiger partial charge in [0.15, 0.2) is 6.23 Å². The summed E-state index contributed by atoms with van der Waals surface area (Å²) in [5.74, 6) is 0. The van der Waals surface area contributed by atoms with E-state index in [1.807, 2.05) is 41.6 Å². The van der Waals surface area contributed by atoms with Crippen molar-refractivity contribution in [2.24, 2.45) is 0 Å². The van der Waals surface area contributed by atoms with Crippen LogP contribution in [0.3, 0.4) is 0 Å². The minimum Gasteiger partial charge on any atom is -0.382 e. The molecule has 2 N–H and O–H groups in total. The Morgan fingerprint density at radius 1 is 1.23 bits per heavy atom. The van der Waals surface area contributed by atoms with Crippen molar-refractivity contribution in [1.82, 2.24) is 4.98 Å². The molecule has 5 rings (SSSR count). The number of fused-ring (bicyclic) bond motifs is 3. The van der Waals surface area contributed by atoms with E-state index in [0.717, 1.165) is 32.0 Å². The van der Waals surface area contributed by atoms with E-state index in [1.54, 1.807) is 12.1 Å². The first-order valence-electron chi connectivity index (χ1n) is 8.57. The molecule has 1 aliphatic carbocycles. The highest BCUT2D eigenvalue weighted by Crippen LogP contribution is 2.44. The summed E-state index contributed by atoms with van der Waals surface area (Å²) in [6.45, 7) is 0. The highest BCUT2D eigenvalue weighted by atomic mass is 32.1. The van der Waals surface area contributed by atoms with Gasteiger partial charge in [-0.25, -0.2) is 4.98 Å². The van der Waals surface area contributed by atoms with Gasteiger partial charge in [-0.15, -0.1) is 11.3 Å². The lowest BCUT2D eigenvalue weighted by Gasteiger charge is -2.29. The van der Waals surface area contributed by atoms with Crippen LogP contribution in [-0.4, -0.2) is 16.1 Å². The van der Waals surface area contributed by atoms with Crippen molar-refractivity contribution < 1.29 is 5.11 Å². The quantitative estimate of drug-likeness (QED) is 0.731. The zero-order valence-electron chi connectivity index (χ0n) is 13.9. The summed E-state index contributed by atoms with van der Waals surface area (Å²) in [5, 5.41) is 24.6. The molecule has 0 amide bonds. The zero-order chi connectivity index (χ0) is 17.7. The molecule has 26 heavy (non-hydrogen) atoms. The largest absolute Gasteiger partial charge is 0.382 e. The third-order valence-electron chi connectivity index (χ3n) is 4.79. The Morgan fingerprint density at radius 2 is 2.04 bits per heavy atom. The number of aliphatic hydroxyl groups excluding tert-OH is 1. The molecule has 2 aromatic heterocycles. The summed E-state index contributed by atoms with van der Waals surface area (Å²) in [6.07, 6.45) is 7.41. The predicted octanol–water partition coefficient (Wildman–Crippen LogP) is 4.22. The number of nitrogens with zero attached hydrogens (tertiary/aromatic N) is 3. The summed E-state index contributed by atoms with van der Waals surface area (Å²) >= 11 is 1.53. The van der Waals surface area contributed by atoms with Crippen molar-refractivity contribution >= 4 is 39.0 Å². The third kappa shape index (κ3) is 2.45. The minimum absolute atomic E-state index is 0.559. The van der Waals surface area contributed by atoms with Gasteiger partial charge in [0.05, 0.1) is 16.5 Å². The van der Waals surface area contributed by atoms with Gasteiger partial charge in [-0.3, -0.25) is 0 Å². The predicted molar refractivity (Wildman–Crippen MR) is 104 cm³/mol. The standard InChI is InChI=1S/C20H16N4OS/c21-11-12-1-5-14(6-2-12)24-10-8-15-17-16(23-13-3-4-13)7-9-22-19(17)26-18(15)20(24)25/h1-2,5-10,13,20,25H,3-4H2,(H,22,23). The average Bonchev–Trinajstić information content (AvgIpc) is 3.40. The first kappa shape index (κ1) is 15.4. The SMILES string of the molecule is N#Cc1ccc(N2C=Cc3c(sc4nccc(NC5CC5)c34)C2O)cc1. The molecule has 0 saturated heterocycles. The van der Waals surface area contributed by atoms with Crippen molar-refractivity contribution in [2.45, 2.75) is 25.1 Å². The number of rotatable bonds is 3. The van der Waals surface area contributed by atoms with Gasteiger partial charge in [-0.1, -0.05) is 0 Å². The van der Waals surface area contributed by atoms with Crippen LogP contribution < -0.4 is 10.2 Å². The summed E-state index contributed by atoms with van der Waals surface area (Å²) in [4.78, 5) is 8.15. The van der Waals surface area contributed by atoms with E-state index in [1.165, 1.54) is 24.2 Å². The highest BCUT2D eigenvalue weighted by Gasteiger charge is 2.29. The Kier molecular flexibility index (Phi) is 3.45. The number of aliphatic hydroxyl groups is 1. The number of thiophene rings is 1. The number of nitriles is 1. The third-order valence-corrected chi connectivity index (χ3v) is 5.94. The van der Waals surface area contributed by atoms with E-state index >= 15 is 0 Å². The van der Waals surface area contributed by atoms with E-state index < -0.39 is 6.23 Å². The number of benzene rings is 1. The van der Waals surface area contributed by atoms with Crippen molar-refractivity contribution in [2.75, 3.05) is 10.2 Å². The zero-order valence-corrected chi connectivity index (χ0v) is 14.7. The number of hydrogen-bond donors (Lipinski definition) is 2. The lowest BCUT2D eigenvalue weighted by atomic mass is 10.1. The van der Waals surface area contributed by atoms with Crippen LogP contribution >= 0.6 is 11.3 Å². The van der Waals surface area contributed by atoms with Crippen LogP contribution in [0.5, 0.6) is 0 Å². The normalized spacial score (nSPS) is 18.6. The van der Waals surface area contributed by atoms with E-state index in [4.69, 9.17) is 5.26 Å². The molecule has 0 spiro atoms. The molecule has 6 heteroatoms. The van der Waals surface area contributed by atoms with Crippen LogP contribution in [0.4, 0.5) is 11.4 Å². The van der Waals surface area contributed by atoms with E-state index in [2.05, 4.69) is 16.4 Å². The second kappa shape index (κ2) is 5.84. The molecule has 1 saturated carbocycles. The van der Waals surface area contributed by atoms with Crippen LogP contribution in [0.2, 0.25) is 0 Å². The Balaban J connectivity index is 1.57. The van der Waals surface area contributed by atoms with Gasteiger partial charge in [0.25, 0.3) is 0 Å². The molecular formula is C20H16N4OS. The van der Waals surface area contributed by atoms with E-state index in [0.29, 0.717) is 11.6 Å². The molecule has 2 aliphatic rings. The monoisotopic (exact) mass is 360 g/mol. The average molecular weight is 360 g/mol. The van der Waals surface area contributed by atoms with Crippen LogP contribution in [0.25, 0.3) is 16.3 Å². The maximum absolute atomic E-state index is 11.0. The summed E-state index contributed by atoms with van der Waals surface area (Å²) in [7, 11) is 0. The number of pyridine rings is 1.